The highest BCUT2D eigenvalue weighted by molar-refractivity contribution is 5.90. The Hall–Kier alpha value is -3.01. The molecule has 0 amide bonds. The summed E-state index contributed by atoms with van der Waals surface area (Å²) >= 11 is 0. The van der Waals surface area contributed by atoms with Gasteiger partial charge in [-0.3, -0.25) is 4.98 Å². The lowest BCUT2D eigenvalue weighted by Gasteiger charge is -2.05. The van der Waals surface area contributed by atoms with Crippen molar-refractivity contribution in [2.24, 2.45) is 0 Å². The van der Waals surface area contributed by atoms with Gasteiger partial charge in [0.05, 0.1) is 11.9 Å². The molecule has 0 bridgehead atoms. The van der Waals surface area contributed by atoms with Crippen LogP contribution in [0.15, 0.2) is 67.1 Å². The third-order valence-corrected chi connectivity index (χ3v) is 3.68. The number of aryl methyl sites for hydroxylation is 1. The Morgan fingerprint density at radius 3 is 2.73 bits per heavy atom. The zero-order valence-electron chi connectivity index (χ0n) is 12.1. The normalized spacial score (nSPS) is 11.0. The third-order valence-electron chi connectivity index (χ3n) is 3.68. The first-order chi connectivity index (χ1) is 10.8. The topological polar surface area (TPSA) is 43.6 Å². The lowest BCUT2D eigenvalue weighted by molar-refractivity contribution is 0.808. The monoisotopic (exact) mass is 286 g/mol. The SMILES string of the molecule is Cc1cncc(-c2cn(-c3cccc4ccccc34)nn2)c1. The maximum absolute atomic E-state index is 4.28. The Morgan fingerprint density at radius 2 is 1.82 bits per heavy atom. The average molecular weight is 286 g/mol. The van der Waals surface area contributed by atoms with E-state index in [-0.39, 0.29) is 0 Å². The minimum absolute atomic E-state index is 0.823. The molecular weight excluding hydrogens is 272 g/mol. The summed E-state index contributed by atoms with van der Waals surface area (Å²) in [5.74, 6) is 0. The fraction of sp³-hybridized carbons (Fsp3) is 0.0556. The number of nitrogens with zero attached hydrogens (tertiary/aromatic N) is 4. The van der Waals surface area contributed by atoms with E-state index in [0.717, 1.165) is 27.9 Å². The highest BCUT2D eigenvalue weighted by Gasteiger charge is 2.08. The summed E-state index contributed by atoms with van der Waals surface area (Å²) < 4.78 is 1.82. The van der Waals surface area contributed by atoms with Gasteiger partial charge in [-0.2, -0.15) is 0 Å². The summed E-state index contributed by atoms with van der Waals surface area (Å²) in [6.07, 6.45) is 5.58. The molecule has 0 N–H and O–H groups in total. The quantitative estimate of drug-likeness (QED) is 0.563. The highest BCUT2D eigenvalue weighted by atomic mass is 15.4. The molecule has 4 nitrogen and oxygen atoms in total. The summed E-state index contributed by atoms with van der Waals surface area (Å²) in [7, 11) is 0. The predicted molar refractivity (Wildman–Crippen MR) is 86.8 cm³/mol. The number of rotatable bonds is 2. The largest absolute Gasteiger partial charge is 0.264 e. The Kier molecular flexibility index (Phi) is 2.93. The van der Waals surface area contributed by atoms with Crippen LogP contribution in [0.3, 0.4) is 0 Å². The molecule has 0 unspecified atom stereocenters. The number of aromatic nitrogens is 4. The zero-order chi connectivity index (χ0) is 14.9. The molecule has 2 aromatic carbocycles. The molecular formula is C18H14N4. The van der Waals surface area contributed by atoms with Crippen molar-refractivity contribution >= 4 is 10.8 Å². The number of fused-ring (bicyclic) bond motifs is 1. The van der Waals surface area contributed by atoms with Crippen molar-refractivity contribution in [3.05, 3.63) is 72.7 Å². The van der Waals surface area contributed by atoms with Gasteiger partial charge in [-0.05, 0) is 30.0 Å². The Labute approximate surface area is 128 Å². The number of hydrogen-bond donors (Lipinski definition) is 0. The molecule has 4 aromatic rings. The zero-order valence-corrected chi connectivity index (χ0v) is 12.1. The second-order valence-corrected chi connectivity index (χ2v) is 5.30. The number of benzene rings is 2. The Morgan fingerprint density at radius 1 is 0.955 bits per heavy atom. The maximum Gasteiger partial charge on any atom is 0.115 e. The van der Waals surface area contributed by atoms with Gasteiger partial charge >= 0.3 is 0 Å². The average Bonchev–Trinajstić information content (AvgIpc) is 3.04. The van der Waals surface area contributed by atoms with E-state index in [1.165, 1.54) is 5.39 Å². The van der Waals surface area contributed by atoms with Crippen LogP contribution in [0.25, 0.3) is 27.7 Å². The molecule has 0 atom stereocenters. The van der Waals surface area contributed by atoms with Crippen molar-refractivity contribution in [1.29, 1.82) is 0 Å². The van der Waals surface area contributed by atoms with Crippen molar-refractivity contribution in [3.8, 4) is 16.9 Å². The second kappa shape index (κ2) is 5.07. The molecule has 0 aliphatic carbocycles. The van der Waals surface area contributed by atoms with Crippen molar-refractivity contribution in [3.63, 3.8) is 0 Å². The van der Waals surface area contributed by atoms with Gasteiger partial charge in [-0.15, -0.1) is 5.10 Å². The van der Waals surface area contributed by atoms with Crippen LogP contribution in [0, 0.1) is 6.92 Å². The van der Waals surface area contributed by atoms with Gasteiger partial charge in [0.1, 0.15) is 5.69 Å². The molecule has 4 heteroatoms. The van der Waals surface area contributed by atoms with Gasteiger partial charge in [0.2, 0.25) is 0 Å². The fourth-order valence-corrected chi connectivity index (χ4v) is 2.62. The van der Waals surface area contributed by atoms with Crippen LogP contribution in [0.2, 0.25) is 0 Å². The van der Waals surface area contributed by atoms with Crippen LogP contribution in [0.4, 0.5) is 0 Å². The molecule has 2 heterocycles. The minimum Gasteiger partial charge on any atom is -0.264 e. The second-order valence-electron chi connectivity index (χ2n) is 5.30. The van der Waals surface area contributed by atoms with Crippen LogP contribution in [0.5, 0.6) is 0 Å². The Bertz CT molecular complexity index is 951. The summed E-state index contributed by atoms with van der Waals surface area (Å²) in [5.41, 5.74) is 3.94. The molecule has 0 radical (unpaired) electrons. The number of pyridine rings is 1. The molecule has 106 valence electrons. The van der Waals surface area contributed by atoms with E-state index in [4.69, 9.17) is 0 Å². The highest BCUT2D eigenvalue weighted by Crippen LogP contribution is 2.23. The third kappa shape index (κ3) is 2.15. The van der Waals surface area contributed by atoms with E-state index < -0.39 is 0 Å². The van der Waals surface area contributed by atoms with Crippen LogP contribution >= 0.6 is 0 Å². The van der Waals surface area contributed by atoms with Crippen LogP contribution in [0.1, 0.15) is 5.56 Å². The lowest BCUT2D eigenvalue weighted by Crippen LogP contribution is -1.95. The molecule has 4 rings (SSSR count). The first kappa shape index (κ1) is 12.7. The van der Waals surface area contributed by atoms with Crippen molar-refractivity contribution in [1.82, 2.24) is 20.0 Å². The lowest BCUT2D eigenvalue weighted by atomic mass is 10.1. The standard InChI is InChI=1S/C18H14N4/c1-13-9-15(11-19-10-13)17-12-22(21-20-17)18-8-4-6-14-5-2-3-7-16(14)18/h2-12H,1H3. The molecule has 0 saturated carbocycles. The van der Waals surface area contributed by atoms with E-state index in [1.54, 1.807) is 0 Å². The molecule has 2 aromatic heterocycles. The van der Waals surface area contributed by atoms with E-state index >= 15 is 0 Å². The maximum atomic E-state index is 4.28. The van der Waals surface area contributed by atoms with Gasteiger partial charge in [0, 0.05) is 23.3 Å². The summed E-state index contributed by atoms with van der Waals surface area (Å²) in [6.45, 7) is 2.02. The van der Waals surface area contributed by atoms with Crippen LogP contribution in [-0.4, -0.2) is 20.0 Å². The van der Waals surface area contributed by atoms with Gasteiger partial charge in [-0.1, -0.05) is 41.6 Å². The van der Waals surface area contributed by atoms with Gasteiger partial charge in [0.15, 0.2) is 0 Å². The van der Waals surface area contributed by atoms with Crippen molar-refractivity contribution in [2.45, 2.75) is 6.92 Å². The van der Waals surface area contributed by atoms with E-state index in [2.05, 4.69) is 45.6 Å². The minimum atomic E-state index is 0.823. The molecule has 0 fully saturated rings. The van der Waals surface area contributed by atoms with Crippen molar-refractivity contribution < 1.29 is 0 Å². The van der Waals surface area contributed by atoms with E-state index in [1.807, 2.05) is 48.4 Å². The predicted octanol–water partition coefficient (Wildman–Crippen LogP) is 3.79. The van der Waals surface area contributed by atoms with Gasteiger partial charge < -0.3 is 0 Å². The molecule has 22 heavy (non-hydrogen) atoms. The summed E-state index contributed by atoms with van der Waals surface area (Å²) in [4.78, 5) is 4.22. The van der Waals surface area contributed by atoms with E-state index in [0.29, 0.717) is 0 Å². The molecule has 0 saturated heterocycles. The molecule has 0 spiro atoms. The van der Waals surface area contributed by atoms with Gasteiger partial charge in [0.25, 0.3) is 0 Å². The summed E-state index contributed by atoms with van der Waals surface area (Å²) in [6, 6.07) is 16.5. The van der Waals surface area contributed by atoms with Crippen LogP contribution in [-0.2, 0) is 0 Å². The Balaban J connectivity index is 1.84. The van der Waals surface area contributed by atoms with Crippen LogP contribution < -0.4 is 0 Å². The molecule has 0 aliphatic rings. The first-order valence-corrected chi connectivity index (χ1v) is 7.14. The molecule has 0 aliphatic heterocycles. The summed E-state index contributed by atoms with van der Waals surface area (Å²) in [5, 5.41) is 10.9. The van der Waals surface area contributed by atoms with E-state index in [9.17, 15) is 0 Å². The van der Waals surface area contributed by atoms with Gasteiger partial charge in [-0.25, -0.2) is 4.68 Å². The fourth-order valence-electron chi connectivity index (χ4n) is 2.62. The smallest absolute Gasteiger partial charge is 0.115 e. The first-order valence-electron chi connectivity index (χ1n) is 7.14. The number of hydrogen-bond acceptors (Lipinski definition) is 3. The van der Waals surface area contributed by atoms with Crippen molar-refractivity contribution in [2.75, 3.05) is 0 Å².